The van der Waals surface area contributed by atoms with Crippen LogP contribution in [-0.4, -0.2) is 73.2 Å². The first-order valence-electron chi connectivity index (χ1n) is 11.4. The second kappa shape index (κ2) is 13.2. The number of hydrogen-bond acceptors (Lipinski definition) is 6. The summed E-state index contributed by atoms with van der Waals surface area (Å²) in [6.45, 7) is 10.5. The Bertz CT molecular complexity index is 417. The van der Waals surface area contributed by atoms with Crippen molar-refractivity contribution >= 4 is 11.9 Å². The van der Waals surface area contributed by atoms with Crippen molar-refractivity contribution in [2.75, 3.05) is 39.3 Å². The number of unbranched alkanes of at least 4 members (excludes halogenated alkanes) is 2. The van der Waals surface area contributed by atoms with Gasteiger partial charge in [0.05, 0.1) is 0 Å². The number of esters is 2. The van der Waals surface area contributed by atoms with Gasteiger partial charge in [0, 0.05) is 12.8 Å². The minimum atomic E-state index is -0.403. The lowest BCUT2D eigenvalue weighted by atomic mass is 10.2. The van der Waals surface area contributed by atoms with Crippen LogP contribution < -0.4 is 0 Å². The van der Waals surface area contributed by atoms with Crippen molar-refractivity contribution in [1.29, 1.82) is 0 Å². The van der Waals surface area contributed by atoms with Gasteiger partial charge in [-0.1, -0.05) is 0 Å². The average Bonchev–Trinajstić information content (AvgIpc) is 3.36. The zero-order valence-corrected chi connectivity index (χ0v) is 18.0. The van der Waals surface area contributed by atoms with Crippen molar-refractivity contribution in [3.8, 4) is 0 Å². The molecule has 0 aliphatic carbocycles. The fraction of sp³-hybridized carbons (Fsp3) is 0.909. The van der Waals surface area contributed by atoms with Gasteiger partial charge < -0.3 is 19.3 Å². The van der Waals surface area contributed by atoms with E-state index in [1.54, 1.807) is 13.8 Å². The van der Waals surface area contributed by atoms with E-state index in [2.05, 4.69) is 9.80 Å². The molecule has 2 aliphatic heterocycles. The van der Waals surface area contributed by atoms with Gasteiger partial charge in [0.15, 0.2) is 0 Å². The van der Waals surface area contributed by atoms with Crippen molar-refractivity contribution in [2.45, 2.75) is 90.3 Å². The van der Waals surface area contributed by atoms with Gasteiger partial charge in [0.2, 0.25) is 0 Å². The first-order chi connectivity index (χ1) is 13.5. The van der Waals surface area contributed by atoms with Crippen LogP contribution in [0.1, 0.15) is 78.1 Å². The van der Waals surface area contributed by atoms with E-state index in [0.717, 1.165) is 38.8 Å². The Morgan fingerprint density at radius 2 is 1.04 bits per heavy atom. The van der Waals surface area contributed by atoms with E-state index in [1.807, 2.05) is 0 Å². The highest BCUT2D eigenvalue weighted by atomic mass is 16.6. The maximum absolute atomic E-state index is 12.0. The Morgan fingerprint density at radius 1 is 0.679 bits per heavy atom. The molecule has 0 amide bonds. The van der Waals surface area contributed by atoms with Crippen molar-refractivity contribution in [3.63, 3.8) is 0 Å². The number of carbonyl (C=O) groups excluding carboxylic acids is 2. The predicted octanol–water partition coefficient (Wildman–Crippen LogP) is 3.38. The predicted molar refractivity (Wildman–Crippen MR) is 110 cm³/mol. The van der Waals surface area contributed by atoms with Crippen LogP contribution >= 0.6 is 0 Å². The van der Waals surface area contributed by atoms with E-state index in [9.17, 15) is 9.59 Å². The molecular formula is C22H40N2O4. The monoisotopic (exact) mass is 396 g/mol. The second-order valence-electron chi connectivity index (χ2n) is 8.40. The van der Waals surface area contributed by atoms with Crippen LogP contribution in [0.3, 0.4) is 0 Å². The minimum absolute atomic E-state index is 0.192. The maximum atomic E-state index is 12.0. The molecule has 2 heterocycles. The van der Waals surface area contributed by atoms with Gasteiger partial charge in [0.25, 0.3) is 0 Å². The average molecular weight is 397 g/mol. The Balaban J connectivity index is 1.48. The quantitative estimate of drug-likeness (QED) is 0.351. The van der Waals surface area contributed by atoms with E-state index < -0.39 is 12.2 Å². The standard InChI is InChI=1S/C22H40N2O4/c1-19(27-21(25)11-3-5-13-23-15-7-8-16-23)20(2)28-22(26)12-4-6-14-24-17-9-10-18-24/h19-20H,3-18H2,1-2H3. The molecule has 0 spiro atoms. The first-order valence-corrected chi connectivity index (χ1v) is 11.4. The van der Waals surface area contributed by atoms with E-state index >= 15 is 0 Å². The highest BCUT2D eigenvalue weighted by Gasteiger charge is 2.20. The van der Waals surface area contributed by atoms with Crippen LogP contribution in [0.25, 0.3) is 0 Å². The molecule has 2 fully saturated rings. The molecule has 0 aromatic carbocycles. The Morgan fingerprint density at radius 3 is 1.39 bits per heavy atom. The van der Waals surface area contributed by atoms with Crippen LogP contribution in [0.4, 0.5) is 0 Å². The highest BCUT2D eigenvalue weighted by Crippen LogP contribution is 2.12. The number of ether oxygens (including phenoxy) is 2. The third-order valence-electron chi connectivity index (χ3n) is 5.90. The summed E-state index contributed by atoms with van der Waals surface area (Å²) in [6.07, 6.45) is 9.05. The molecule has 0 aromatic heterocycles. The van der Waals surface area contributed by atoms with Gasteiger partial charge in [-0.15, -0.1) is 0 Å². The lowest BCUT2D eigenvalue weighted by Crippen LogP contribution is -2.30. The van der Waals surface area contributed by atoms with Crippen LogP contribution in [0.2, 0.25) is 0 Å². The third-order valence-corrected chi connectivity index (χ3v) is 5.90. The largest absolute Gasteiger partial charge is 0.459 e. The van der Waals surface area contributed by atoms with Crippen molar-refractivity contribution in [3.05, 3.63) is 0 Å². The zero-order valence-electron chi connectivity index (χ0n) is 18.0. The van der Waals surface area contributed by atoms with Crippen molar-refractivity contribution in [1.82, 2.24) is 9.80 Å². The molecule has 28 heavy (non-hydrogen) atoms. The molecule has 162 valence electrons. The molecule has 2 atom stereocenters. The number of nitrogens with zero attached hydrogens (tertiary/aromatic N) is 2. The molecule has 2 rings (SSSR count). The number of rotatable bonds is 13. The van der Waals surface area contributed by atoms with E-state index in [1.165, 1.54) is 51.9 Å². The molecular weight excluding hydrogens is 356 g/mol. The molecule has 2 unspecified atom stereocenters. The van der Waals surface area contributed by atoms with E-state index in [-0.39, 0.29) is 11.9 Å². The van der Waals surface area contributed by atoms with E-state index in [0.29, 0.717) is 12.8 Å². The SMILES string of the molecule is CC(OC(=O)CCCCN1CCCC1)C(C)OC(=O)CCCCN1CCCC1. The summed E-state index contributed by atoms with van der Waals surface area (Å²) in [5.41, 5.74) is 0. The lowest BCUT2D eigenvalue weighted by molar-refractivity contribution is -0.165. The van der Waals surface area contributed by atoms with Crippen LogP contribution in [-0.2, 0) is 19.1 Å². The minimum Gasteiger partial charge on any atom is -0.459 e. The number of likely N-dealkylation sites (tertiary alicyclic amines) is 2. The van der Waals surface area contributed by atoms with E-state index in [4.69, 9.17) is 9.47 Å². The molecule has 6 heteroatoms. The summed E-state index contributed by atoms with van der Waals surface area (Å²) in [7, 11) is 0. The fourth-order valence-corrected chi connectivity index (χ4v) is 3.95. The third kappa shape index (κ3) is 9.37. The summed E-state index contributed by atoms with van der Waals surface area (Å²) >= 11 is 0. The molecule has 0 N–H and O–H groups in total. The number of carbonyl (C=O) groups is 2. The van der Waals surface area contributed by atoms with Gasteiger partial charge >= 0.3 is 11.9 Å². The van der Waals surface area contributed by atoms with Gasteiger partial charge in [-0.05, 0) is 104 Å². The molecule has 2 saturated heterocycles. The zero-order chi connectivity index (χ0) is 20.2. The van der Waals surface area contributed by atoms with Gasteiger partial charge in [-0.25, -0.2) is 0 Å². The molecule has 6 nitrogen and oxygen atoms in total. The molecule has 0 bridgehead atoms. The van der Waals surface area contributed by atoms with Gasteiger partial charge in [-0.3, -0.25) is 9.59 Å². The Hall–Kier alpha value is -1.14. The van der Waals surface area contributed by atoms with Crippen LogP contribution in [0.5, 0.6) is 0 Å². The molecule has 0 aromatic rings. The summed E-state index contributed by atoms with van der Waals surface area (Å²) in [5.74, 6) is -0.384. The first kappa shape index (κ1) is 23.1. The molecule has 0 saturated carbocycles. The molecule has 2 aliphatic rings. The Kier molecular flexibility index (Phi) is 10.9. The maximum Gasteiger partial charge on any atom is 0.306 e. The topological polar surface area (TPSA) is 59.1 Å². The van der Waals surface area contributed by atoms with Gasteiger partial charge in [0.1, 0.15) is 12.2 Å². The highest BCUT2D eigenvalue weighted by molar-refractivity contribution is 5.70. The molecule has 0 radical (unpaired) electrons. The van der Waals surface area contributed by atoms with Crippen LogP contribution in [0.15, 0.2) is 0 Å². The Labute approximate surface area is 170 Å². The van der Waals surface area contributed by atoms with Gasteiger partial charge in [-0.2, -0.15) is 0 Å². The smallest absolute Gasteiger partial charge is 0.306 e. The van der Waals surface area contributed by atoms with Crippen molar-refractivity contribution < 1.29 is 19.1 Å². The summed E-state index contributed by atoms with van der Waals surface area (Å²) in [4.78, 5) is 28.9. The summed E-state index contributed by atoms with van der Waals surface area (Å²) in [6, 6.07) is 0. The summed E-state index contributed by atoms with van der Waals surface area (Å²) < 4.78 is 10.9. The number of hydrogen-bond donors (Lipinski definition) is 0. The van der Waals surface area contributed by atoms with Crippen LogP contribution in [0, 0.1) is 0 Å². The fourth-order valence-electron chi connectivity index (χ4n) is 3.95. The van der Waals surface area contributed by atoms with Crippen molar-refractivity contribution in [2.24, 2.45) is 0 Å². The lowest BCUT2D eigenvalue weighted by Gasteiger charge is -2.21. The summed E-state index contributed by atoms with van der Waals surface area (Å²) in [5, 5.41) is 0. The second-order valence-corrected chi connectivity index (χ2v) is 8.40. The normalized spacial score (nSPS) is 20.2.